The summed E-state index contributed by atoms with van der Waals surface area (Å²) in [5.41, 5.74) is 3.55. The third-order valence-corrected chi connectivity index (χ3v) is 6.38. The van der Waals surface area contributed by atoms with Crippen molar-refractivity contribution in [2.24, 2.45) is 0 Å². The van der Waals surface area contributed by atoms with E-state index >= 15 is 0 Å². The number of hydrogen-bond acceptors (Lipinski definition) is 5. The number of thiazole rings is 1. The van der Waals surface area contributed by atoms with Crippen LogP contribution < -0.4 is 10.1 Å². The van der Waals surface area contributed by atoms with Crippen LogP contribution in [0.4, 0.5) is 5.13 Å². The molecule has 3 aromatic carbocycles. The van der Waals surface area contributed by atoms with Gasteiger partial charge in [-0.1, -0.05) is 66.7 Å². The van der Waals surface area contributed by atoms with Gasteiger partial charge in [0.2, 0.25) is 0 Å². The molecule has 0 fully saturated rings. The molecule has 0 aliphatic carbocycles. The van der Waals surface area contributed by atoms with E-state index in [0.29, 0.717) is 18.3 Å². The number of nitrogens with one attached hydrogen (secondary N) is 1. The summed E-state index contributed by atoms with van der Waals surface area (Å²) in [5.74, 6) is 0.325. The molecule has 2 aromatic heterocycles. The SMILES string of the molecule is N#C/C(=C/c1cn(CCOc2ccccc2)c2ccccc12)C(=O)Nc1nc(-c2ccccc2)cs1. The first kappa shape index (κ1) is 23.1. The van der Waals surface area contributed by atoms with E-state index in [4.69, 9.17) is 4.74 Å². The van der Waals surface area contributed by atoms with Crippen LogP contribution >= 0.6 is 11.3 Å². The van der Waals surface area contributed by atoms with Crippen LogP contribution in [0.15, 0.2) is 102 Å². The summed E-state index contributed by atoms with van der Waals surface area (Å²) in [5, 5.41) is 15.8. The number of para-hydroxylation sites is 2. The molecule has 5 rings (SSSR count). The zero-order valence-corrected chi connectivity index (χ0v) is 20.1. The molecule has 5 aromatic rings. The Morgan fingerprint density at radius 1 is 1.03 bits per heavy atom. The number of hydrogen-bond donors (Lipinski definition) is 1. The highest BCUT2D eigenvalue weighted by Gasteiger charge is 2.15. The zero-order chi connectivity index (χ0) is 24.7. The highest BCUT2D eigenvalue weighted by molar-refractivity contribution is 7.14. The van der Waals surface area contributed by atoms with Gasteiger partial charge in [0.15, 0.2) is 5.13 Å². The molecule has 0 saturated heterocycles. The van der Waals surface area contributed by atoms with Crippen LogP contribution in [0.5, 0.6) is 5.75 Å². The Morgan fingerprint density at radius 3 is 2.53 bits per heavy atom. The van der Waals surface area contributed by atoms with Crippen LogP contribution in [0.25, 0.3) is 28.2 Å². The van der Waals surface area contributed by atoms with Gasteiger partial charge in [-0.2, -0.15) is 5.26 Å². The Bertz CT molecular complexity index is 1560. The fraction of sp³-hybridized carbons (Fsp3) is 0.0690. The van der Waals surface area contributed by atoms with Crippen molar-refractivity contribution in [2.45, 2.75) is 6.54 Å². The van der Waals surface area contributed by atoms with Crippen molar-refractivity contribution in [3.63, 3.8) is 0 Å². The maximum absolute atomic E-state index is 12.9. The van der Waals surface area contributed by atoms with Gasteiger partial charge in [-0.3, -0.25) is 10.1 Å². The summed E-state index contributed by atoms with van der Waals surface area (Å²) in [7, 11) is 0. The minimum Gasteiger partial charge on any atom is -0.492 e. The first-order chi connectivity index (χ1) is 17.7. The predicted octanol–water partition coefficient (Wildman–Crippen LogP) is 6.39. The molecule has 1 amide bonds. The standard InChI is InChI=1S/C29H22N4O2S/c30-18-22(28(34)32-29-31-26(20-36-29)21-9-3-1-4-10-21)17-23-19-33(27-14-8-7-13-25(23)27)15-16-35-24-11-5-2-6-12-24/h1-14,17,19-20H,15-16H2,(H,31,32,34)/b22-17-. The Labute approximate surface area is 212 Å². The van der Waals surface area contributed by atoms with Crippen molar-refractivity contribution in [1.82, 2.24) is 9.55 Å². The van der Waals surface area contributed by atoms with Crippen molar-refractivity contribution in [2.75, 3.05) is 11.9 Å². The molecule has 2 heterocycles. The summed E-state index contributed by atoms with van der Waals surface area (Å²) in [6, 6.07) is 29.3. The maximum Gasteiger partial charge on any atom is 0.268 e. The van der Waals surface area contributed by atoms with E-state index in [1.54, 1.807) is 6.08 Å². The van der Waals surface area contributed by atoms with E-state index in [1.807, 2.05) is 103 Å². The van der Waals surface area contributed by atoms with E-state index < -0.39 is 5.91 Å². The van der Waals surface area contributed by atoms with E-state index in [0.717, 1.165) is 33.5 Å². The molecule has 1 N–H and O–H groups in total. The summed E-state index contributed by atoms with van der Waals surface area (Å²) in [6.45, 7) is 1.12. The van der Waals surface area contributed by atoms with Crippen LogP contribution in [0.3, 0.4) is 0 Å². The second-order valence-electron chi connectivity index (χ2n) is 7.98. The number of fused-ring (bicyclic) bond motifs is 1. The molecule has 0 aliphatic rings. The minimum absolute atomic E-state index is 0.00917. The molecule has 176 valence electrons. The van der Waals surface area contributed by atoms with E-state index in [-0.39, 0.29) is 5.57 Å². The summed E-state index contributed by atoms with van der Waals surface area (Å²) < 4.78 is 7.92. The van der Waals surface area contributed by atoms with Crippen molar-refractivity contribution in [3.8, 4) is 23.1 Å². The number of aromatic nitrogens is 2. The topological polar surface area (TPSA) is 79.9 Å². The molecule has 0 unspecified atom stereocenters. The van der Waals surface area contributed by atoms with Gasteiger partial charge in [0.05, 0.1) is 12.2 Å². The maximum atomic E-state index is 12.9. The average Bonchev–Trinajstić information content (AvgIpc) is 3.53. The molecular formula is C29H22N4O2S. The number of nitriles is 1. The Kier molecular flexibility index (Phi) is 6.88. The first-order valence-corrected chi connectivity index (χ1v) is 12.3. The Balaban J connectivity index is 1.34. The lowest BCUT2D eigenvalue weighted by Gasteiger charge is -2.08. The van der Waals surface area contributed by atoms with E-state index in [9.17, 15) is 10.1 Å². The summed E-state index contributed by atoms with van der Waals surface area (Å²) in [6.07, 6.45) is 3.57. The molecule has 0 saturated carbocycles. The van der Waals surface area contributed by atoms with Crippen LogP contribution in [-0.2, 0) is 11.3 Å². The van der Waals surface area contributed by atoms with Crippen LogP contribution in [0.1, 0.15) is 5.56 Å². The number of nitrogens with zero attached hydrogens (tertiary/aromatic N) is 3. The third-order valence-electron chi connectivity index (χ3n) is 5.62. The monoisotopic (exact) mass is 490 g/mol. The van der Waals surface area contributed by atoms with Gasteiger partial charge < -0.3 is 9.30 Å². The van der Waals surface area contributed by atoms with Gasteiger partial charge in [-0.25, -0.2) is 4.98 Å². The predicted molar refractivity (Wildman–Crippen MR) is 144 cm³/mol. The summed E-state index contributed by atoms with van der Waals surface area (Å²) in [4.78, 5) is 17.4. The average molecular weight is 491 g/mol. The third kappa shape index (κ3) is 5.19. The molecule has 0 aliphatic heterocycles. The molecule has 0 bridgehead atoms. The van der Waals surface area contributed by atoms with Gasteiger partial charge in [-0.05, 0) is 24.3 Å². The number of carbonyl (C=O) groups excluding carboxylic acids is 1. The fourth-order valence-corrected chi connectivity index (χ4v) is 4.61. The number of amides is 1. The van der Waals surface area contributed by atoms with E-state index in [1.165, 1.54) is 11.3 Å². The molecule has 0 spiro atoms. The molecular weight excluding hydrogens is 468 g/mol. The number of benzene rings is 3. The van der Waals surface area contributed by atoms with Crippen LogP contribution in [0, 0.1) is 11.3 Å². The Hall–Kier alpha value is -4.67. The second-order valence-corrected chi connectivity index (χ2v) is 8.84. The number of anilines is 1. The highest BCUT2D eigenvalue weighted by Crippen LogP contribution is 2.26. The number of carbonyl (C=O) groups is 1. The van der Waals surface area contributed by atoms with Crippen molar-refractivity contribution >= 4 is 39.4 Å². The smallest absolute Gasteiger partial charge is 0.268 e. The minimum atomic E-state index is -0.490. The van der Waals surface area contributed by atoms with Crippen molar-refractivity contribution in [3.05, 3.63) is 108 Å². The number of ether oxygens (including phenoxy) is 1. The Morgan fingerprint density at radius 2 is 1.75 bits per heavy atom. The molecule has 6 nitrogen and oxygen atoms in total. The molecule has 36 heavy (non-hydrogen) atoms. The second kappa shape index (κ2) is 10.7. The van der Waals surface area contributed by atoms with Gasteiger partial charge in [0, 0.05) is 33.6 Å². The van der Waals surface area contributed by atoms with Crippen LogP contribution in [-0.4, -0.2) is 22.1 Å². The summed E-state index contributed by atoms with van der Waals surface area (Å²) >= 11 is 1.32. The fourth-order valence-electron chi connectivity index (χ4n) is 3.89. The molecule has 7 heteroatoms. The normalized spacial score (nSPS) is 11.2. The van der Waals surface area contributed by atoms with Gasteiger partial charge >= 0.3 is 0 Å². The van der Waals surface area contributed by atoms with Gasteiger partial charge in [-0.15, -0.1) is 11.3 Å². The van der Waals surface area contributed by atoms with Gasteiger partial charge in [0.1, 0.15) is 24.0 Å². The largest absolute Gasteiger partial charge is 0.492 e. The quantitative estimate of drug-likeness (QED) is 0.202. The van der Waals surface area contributed by atoms with Crippen LogP contribution in [0.2, 0.25) is 0 Å². The molecule has 0 atom stereocenters. The lowest BCUT2D eigenvalue weighted by molar-refractivity contribution is -0.112. The first-order valence-electron chi connectivity index (χ1n) is 11.4. The van der Waals surface area contributed by atoms with Crippen molar-refractivity contribution in [1.29, 1.82) is 5.26 Å². The van der Waals surface area contributed by atoms with Gasteiger partial charge in [0.25, 0.3) is 5.91 Å². The zero-order valence-electron chi connectivity index (χ0n) is 19.3. The van der Waals surface area contributed by atoms with Crippen molar-refractivity contribution < 1.29 is 9.53 Å². The van der Waals surface area contributed by atoms with E-state index in [2.05, 4.69) is 14.9 Å². The lowest BCUT2D eigenvalue weighted by atomic mass is 10.1. The highest BCUT2D eigenvalue weighted by atomic mass is 32.1. The molecule has 0 radical (unpaired) electrons. The lowest BCUT2D eigenvalue weighted by Crippen LogP contribution is -2.13. The number of rotatable bonds is 8.